The number of methoxy groups -OCH3 is 1. The zero-order valence-corrected chi connectivity index (χ0v) is 13.7. The van der Waals surface area contributed by atoms with Gasteiger partial charge in [0.25, 0.3) is 0 Å². The fourth-order valence-corrected chi connectivity index (χ4v) is 5.07. The minimum absolute atomic E-state index is 0.0692. The summed E-state index contributed by atoms with van der Waals surface area (Å²) in [5.41, 5.74) is 5.33. The quantitative estimate of drug-likeness (QED) is 0.773. The third kappa shape index (κ3) is 2.59. The van der Waals surface area contributed by atoms with Gasteiger partial charge in [-0.1, -0.05) is 12.1 Å². The monoisotopic (exact) mass is 327 g/mol. The lowest BCUT2D eigenvalue weighted by Gasteiger charge is -2.14. The molecule has 0 aliphatic heterocycles. The molecule has 3 atom stereocenters. The lowest BCUT2D eigenvalue weighted by atomic mass is 9.99. The van der Waals surface area contributed by atoms with Crippen molar-refractivity contribution in [1.29, 1.82) is 0 Å². The molecule has 0 bridgehead atoms. The maximum atomic E-state index is 12.3. The van der Waals surface area contributed by atoms with Crippen molar-refractivity contribution in [2.24, 2.45) is 11.1 Å². The Balaban J connectivity index is 2.44. The smallest absolute Gasteiger partial charge is 0.315 e. The zero-order valence-electron chi connectivity index (χ0n) is 12.9. The van der Waals surface area contributed by atoms with Gasteiger partial charge in [-0.05, 0) is 24.6 Å². The minimum Gasteiger partial charge on any atom is -0.497 e. The van der Waals surface area contributed by atoms with Crippen LogP contribution in [0.5, 0.6) is 5.75 Å². The molecule has 0 radical (unpaired) electrons. The summed E-state index contributed by atoms with van der Waals surface area (Å²) in [5, 5.41) is -0.850. The van der Waals surface area contributed by atoms with Crippen LogP contribution in [0.15, 0.2) is 24.3 Å². The molecule has 0 aromatic heterocycles. The average molecular weight is 327 g/mol. The Bertz CT molecular complexity index is 655. The van der Waals surface area contributed by atoms with Gasteiger partial charge >= 0.3 is 5.97 Å². The highest BCUT2D eigenvalue weighted by Crippen LogP contribution is 2.63. The van der Waals surface area contributed by atoms with Crippen LogP contribution in [0.3, 0.4) is 0 Å². The Morgan fingerprint density at radius 2 is 1.91 bits per heavy atom. The van der Waals surface area contributed by atoms with Gasteiger partial charge in [-0.25, -0.2) is 8.42 Å². The molecule has 122 valence electrons. The standard InChI is InChI=1S/C15H21NO5S/c1-4-21-14(17)15(9-16)12(13(15)22(3,18)19)10-5-7-11(20-2)8-6-10/h5-8,12-13H,4,9,16H2,1-3H3/t12-,13-,15-/m0/s1. The van der Waals surface area contributed by atoms with Crippen LogP contribution in [0.2, 0.25) is 0 Å². The Kier molecular flexibility index (Phi) is 4.49. The van der Waals surface area contributed by atoms with Crippen LogP contribution in [-0.4, -0.2) is 46.2 Å². The zero-order chi connectivity index (χ0) is 16.5. The van der Waals surface area contributed by atoms with Crippen LogP contribution in [0.25, 0.3) is 0 Å². The Morgan fingerprint density at radius 1 is 1.32 bits per heavy atom. The maximum absolute atomic E-state index is 12.3. The van der Waals surface area contributed by atoms with Crippen molar-refractivity contribution in [3.8, 4) is 5.75 Å². The van der Waals surface area contributed by atoms with Gasteiger partial charge in [-0.3, -0.25) is 4.79 Å². The van der Waals surface area contributed by atoms with Crippen molar-refractivity contribution < 1.29 is 22.7 Å². The van der Waals surface area contributed by atoms with Gasteiger partial charge in [0.2, 0.25) is 0 Å². The summed E-state index contributed by atoms with van der Waals surface area (Å²) in [5.74, 6) is -0.374. The van der Waals surface area contributed by atoms with E-state index in [1.807, 2.05) is 0 Å². The molecule has 1 aromatic rings. The van der Waals surface area contributed by atoms with Crippen molar-refractivity contribution in [1.82, 2.24) is 0 Å². The van der Waals surface area contributed by atoms with Gasteiger partial charge in [0.15, 0.2) is 9.84 Å². The molecule has 0 heterocycles. The molecule has 22 heavy (non-hydrogen) atoms. The van der Waals surface area contributed by atoms with E-state index in [1.54, 1.807) is 38.3 Å². The van der Waals surface area contributed by atoms with Gasteiger partial charge in [0.1, 0.15) is 11.2 Å². The fourth-order valence-electron chi connectivity index (χ4n) is 3.15. The van der Waals surface area contributed by atoms with E-state index in [1.165, 1.54) is 0 Å². The first-order valence-electron chi connectivity index (χ1n) is 7.03. The van der Waals surface area contributed by atoms with Crippen molar-refractivity contribution in [3.05, 3.63) is 29.8 Å². The number of hydrogen-bond acceptors (Lipinski definition) is 6. The first-order chi connectivity index (χ1) is 10.3. The van der Waals surface area contributed by atoms with E-state index in [0.717, 1.165) is 11.8 Å². The second-order valence-electron chi connectivity index (χ2n) is 5.47. The molecule has 1 aliphatic rings. The number of carbonyl (C=O) groups excluding carboxylic acids is 1. The second kappa shape index (κ2) is 5.89. The molecule has 2 rings (SSSR count). The number of nitrogens with two attached hydrogens (primary N) is 1. The van der Waals surface area contributed by atoms with Crippen molar-refractivity contribution >= 4 is 15.8 Å². The van der Waals surface area contributed by atoms with E-state index >= 15 is 0 Å². The molecule has 1 fully saturated rings. The van der Waals surface area contributed by atoms with Crippen LogP contribution < -0.4 is 10.5 Å². The minimum atomic E-state index is -3.44. The lowest BCUT2D eigenvalue weighted by molar-refractivity contribution is -0.149. The molecule has 7 heteroatoms. The van der Waals surface area contributed by atoms with Crippen molar-refractivity contribution in [3.63, 3.8) is 0 Å². The molecular weight excluding hydrogens is 306 g/mol. The van der Waals surface area contributed by atoms with E-state index in [2.05, 4.69) is 0 Å². The molecule has 0 amide bonds. The SMILES string of the molecule is CCOC(=O)[C@@]1(CN)[C@@H](c2ccc(OC)cc2)[C@@H]1S(C)(=O)=O. The second-order valence-corrected chi connectivity index (χ2v) is 7.63. The first kappa shape index (κ1) is 16.8. The van der Waals surface area contributed by atoms with E-state index in [9.17, 15) is 13.2 Å². The molecule has 1 aromatic carbocycles. The van der Waals surface area contributed by atoms with E-state index in [0.29, 0.717) is 5.75 Å². The summed E-state index contributed by atoms with van der Waals surface area (Å²) >= 11 is 0. The Labute approximate surface area is 130 Å². The highest BCUT2D eigenvalue weighted by atomic mass is 32.2. The Morgan fingerprint density at radius 3 is 2.32 bits per heavy atom. The van der Waals surface area contributed by atoms with Crippen LogP contribution >= 0.6 is 0 Å². The van der Waals surface area contributed by atoms with Gasteiger partial charge < -0.3 is 15.2 Å². The van der Waals surface area contributed by atoms with E-state index in [4.69, 9.17) is 15.2 Å². The normalized spacial score (nSPS) is 27.3. The predicted molar refractivity (Wildman–Crippen MR) is 82.5 cm³/mol. The van der Waals surface area contributed by atoms with E-state index < -0.39 is 32.4 Å². The number of hydrogen-bond donors (Lipinski definition) is 1. The number of rotatable bonds is 6. The van der Waals surface area contributed by atoms with Gasteiger partial charge in [-0.15, -0.1) is 0 Å². The lowest BCUT2D eigenvalue weighted by Crippen LogP contribution is -2.33. The summed E-state index contributed by atoms with van der Waals surface area (Å²) in [6, 6.07) is 7.00. The summed E-state index contributed by atoms with van der Waals surface area (Å²) in [4.78, 5) is 12.3. The number of sulfone groups is 1. The maximum Gasteiger partial charge on any atom is 0.315 e. The molecule has 1 saturated carbocycles. The average Bonchev–Trinajstić information content (AvgIpc) is 3.18. The highest BCUT2D eigenvalue weighted by molar-refractivity contribution is 7.91. The highest BCUT2D eigenvalue weighted by Gasteiger charge is 2.74. The van der Waals surface area contributed by atoms with Gasteiger partial charge in [0, 0.05) is 18.7 Å². The molecule has 2 N–H and O–H groups in total. The topological polar surface area (TPSA) is 95.7 Å². The number of benzene rings is 1. The molecule has 1 aliphatic carbocycles. The summed E-state index contributed by atoms with van der Waals surface area (Å²) in [7, 11) is -1.89. The van der Waals surface area contributed by atoms with Crippen LogP contribution in [0, 0.1) is 5.41 Å². The summed E-state index contributed by atoms with van der Waals surface area (Å²) in [6.07, 6.45) is 1.13. The van der Waals surface area contributed by atoms with Gasteiger partial charge in [-0.2, -0.15) is 0 Å². The number of ether oxygens (including phenoxy) is 2. The van der Waals surface area contributed by atoms with Crippen molar-refractivity contribution in [2.45, 2.75) is 18.1 Å². The first-order valence-corrected chi connectivity index (χ1v) is 8.98. The molecule has 0 unspecified atom stereocenters. The third-order valence-electron chi connectivity index (χ3n) is 4.19. The Hall–Kier alpha value is -1.60. The fraction of sp³-hybridized carbons (Fsp3) is 0.533. The molecular formula is C15H21NO5S. The van der Waals surface area contributed by atoms with E-state index in [-0.39, 0.29) is 13.2 Å². The van der Waals surface area contributed by atoms with Gasteiger partial charge in [0.05, 0.1) is 19.0 Å². The van der Waals surface area contributed by atoms with Crippen LogP contribution in [0.4, 0.5) is 0 Å². The summed E-state index contributed by atoms with van der Waals surface area (Å²) in [6.45, 7) is 1.80. The van der Waals surface area contributed by atoms with Crippen LogP contribution in [-0.2, 0) is 19.4 Å². The predicted octanol–water partition coefficient (Wildman–Crippen LogP) is 0.714. The molecule has 0 spiro atoms. The largest absolute Gasteiger partial charge is 0.497 e. The van der Waals surface area contributed by atoms with Crippen molar-refractivity contribution in [2.75, 3.05) is 26.5 Å². The molecule has 0 saturated heterocycles. The number of esters is 1. The summed E-state index contributed by atoms with van der Waals surface area (Å²) < 4.78 is 34.4. The third-order valence-corrected chi connectivity index (χ3v) is 5.80. The number of carbonyl (C=O) groups is 1. The molecule has 6 nitrogen and oxygen atoms in total. The van der Waals surface area contributed by atoms with Crippen LogP contribution in [0.1, 0.15) is 18.4 Å².